The highest BCUT2D eigenvalue weighted by Crippen LogP contribution is 2.35. The highest BCUT2D eigenvalue weighted by atomic mass is 32.2. The Morgan fingerprint density at radius 2 is 1.91 bits per heavy atom. The normalized spacial score (nSPS) is 21.6. The second-order valence-corrected chi connectivity index (χ2v) is 8.89. The molecule has 0 saturated heterocycles. The van der Waals surface area contributed by atoms with E-state index >= 15 is 0 Å². The molecule has 122 valence electrons. The van der Waals surface area contributed by atoms with Crippen molar-refractivity contribution >= 4 is 15.6 Å². The van der Waals surface area contributed by atoms with Crippen LogP contribution in [0.4, 0.5) is 0 Å². The highest BCUT2D eigenvalue weighted by Gasteiger charge is 2.43. The molecule has 1 atom stereocenters. The maximum atomic E-state index is 12.9. The van der Waals surface area contributed by atoms with E-state index in [1.807, 2.05) is 63.3 Å². The molecule has 1 N–H and O–H groups in total. The summed E-state index contributed by atoms with van der Waals surface area (Å²) in [5, 5.41) is 0. The molecule has 1 aromatic rings. The third-order valence-corrected chi connectivity index (χ3v) is 6.12. The lowest BCUT2D eigenvalue weighted by Crippen LogP contribution is -2.51. The van der Waals surface area contributed by atoms with E-state index in [1.165, 1.54) is 0 Å². The Kier molecular flexibility index (Phi) is 4.84. The first-order valence-corrected chi connectivity index (χ1v) is 9.09. The largest absolute Gasteiger partial charge is 0.222 e. The molecule has 4 heteroatoms. The fourth-order valence-electron chi connectivity index (χ4n) is 2.61. The molecule has 1 aromatic carbocycles. The molecule has 1 aliphatic rings. The van der Waals surface area contributed by atoms with Crippen LogP contribution in [0.3, 0.4) is 0 Å². The minimum Gasteiger partial charge on any atom is -0.211 e. The molecule has 3 nitrogen and oxygen atoms in total. The number of benzene rings is 1. The summed E-state index contributed by atoms with van der Waals surface area (Å²) in [6.07, 6.45) is 11.5. The zero-order valence-corrected chi connectivity index (χ0v) is 14.7. The van der Waals surface area contributed by atoms with Gasteiger partial charge in [0.25, 0.3) is 0 Å². The number of hydrogen-bond acceptors (Lipinski definition) is 2. The summed E-state index contributed by atoms with van der Waals surface area (Å²) >= 11 is 0. The quantitative estimate of drug-likeness (QED) is 0.859. The van der Waals surface area contributed by atoms with Gasteiger partial charge in [0.15, 0.2) is 0 Å². The van der Waals surface area contributed by atoms with Crippen molar-refractivity contribution in [2.45, 2.75) is 43.9 Å². The Morgan fingerprint density at radius 1 is 1.26 bits per heavy atom. The van der Waals surface area contributed by atoms with E-state index in [1.54, 1.807) is 6.08 Å². The first-order valence-electron chi connectivity index (χ1n) is 7.61. The van der Waals surface area contributed by atoms with E-state index in [0.29, 0.717) is 6.42 Å². The first-order chi connectivity index (χ1) is 10.7. The number of terminal acetylenes is 1. The Labute approximate surface area is 139 Å². The summed E-state index contributed by atoms with van der Waals surface area (Å²) < 4.78 is 27.4. The van der Waals surface area contributed by atoms with Gasteiger partial charge in [-0.2, -0.15) is 0 Å². The van der Waals surface area contributed by atoms with Crippen molar-refractivity contribution in [3.8, 4) is 12.3 Å². The Balaban J connectivity index is 2.35. The van der Waals surface area contributed by atoms with E-state index in [-0.39, 0.29) is 6.42 Å². The van der Waals surface area contributed by atoms with Gasteiger partial charge in [-0.25, -0.2) is 13.1 Å². The van der Waals surface area contributed by atoms with Crippen molar-refractivity contribution in [3.63, 3.8) is 0 Å². The van der Waals surface area contributed by atoms with Gasteiger partial charge < -0.3 is 0 Å². The van der Waals surface area contributed by atoms with Gasteiger partial charge >= 0.3 is 0 Å². The van der Waals surface area contributed by atoms with Crippen LogP contribution in [0.1, 0.15) is 39.2 Å². The van der Waals surface area contributed by atoms with Crippen molar-refractivity contribution in [1.29, 1.82) is 0 Å². The van der Waals surface area contributed by atoms with Gasteiger partial charge in [-0.05, 0) is 38.3 Å². The van der Waals surface area contributed by atoms with Crippen LogP contribution in [0.5, 0.6) is 0 Å². The van der Waals surface area contributed by atoms with Gasteiger partial charge in [0.2, 0.25) is 10.0 Å². The molecule has 2 rings (SSSR count). The fourth-order valence-corrected chi connectivity index (χ4v) is 4.44. The van der Waals surface area contributed by atoms with E-state index in [4.69, 9.17) is 6.42 Å². The third kappa shape index (κ3) is 3.93. The monoisotopic (exact) mass is 329 g/mol. The predicted molar refractivity (Wildman–Crippen MR) is 96.2 cm³/mol. The molecule has 0 radical (unpaired) electrons. The van der Waals surface area contributed by atoms with E-state index in [2.05, 4.69) is 10.6 Å². The molecule has 0 bridgehead atoms. The first kappa shape index (κ1) is 17.5. The maximum Gasteiger partial charge on any atom is 0.222 e. The minimum absolute atomic E-state index is 0.146. The summed E-state index contributed by atoms with van der Waals surface area (Å²) in [6, 6.07) is 9.89. The van der Waals surface area contributed by atoms with Crippen molar-refractivity contribution < 1.29 is 8.42 Å². The smallest absolute Gasteiger partial charge is 0.211 e. The van der Waals surface area contributed by atoms with Gasteiger partial charge in [0.1, 0.15) is 4.75 Å². The minimum atomic E-state index is -3.59. The number of rotatable bonds is 4. The van der Waals surface area contributed by atoms with Crippen LogP contribution in [0.2, 0.25) is 0 Å². The molecular formula is C19H23NO2S. The Morgan fingerprint density at radius 3 is 2.39 bits per heavy atom. The number of sulfonamides is 1. The van der Waals surface area contributed by atoms with Gasteiger partial charge in [-0.15, -0.1) is 12.3 Å². The van der Waals surface area contributed by atoms with Crippen LogP contribution < -0.4 is 4.72 Å². The van der Waals surface area contributed by atoms with Crippen LogP contribution >= 0.6 is 0 Å². The average molecular weight is 329 g/mol. The zero-order valence-electron chi connectivity index (χ0n) is 13.8. The summed E-state index contributed by atoms with van der Waals surface area (Å²) in [5.41, 5.74) is 1.54. The molecule has 1 unspecified atom stereocenters. The van der Waals surface area contributed by atoms with Crippen LogP contribution in [-0.4, -0.2) is 18.7 Å². The summed E-state index contributed by atoms with van der Waals surface area (Å²) in [7, 11) is -3.59. The van der Waals surface area contributed by atoms with Crippen molar-refractivity contribution in [2.75, 3.05) is 0 Å². The van der Waals surface area contributed by atoms with Crippen molar-refractivity contribution in [2.24, 2.45) is 0 Å². The maximum absolute atomic E-state index is 12.9. The van der Waals surface area contributed by atoms with E-state index in [9.17, 15) is 8.42 Å². The Hall–Kier alpha value is -1.83. The van der Waals surface area contributed by atoms with Gasteiger partial charge in [0.05, 0.1) is 0 Å². The molecule has 0 aliphatic heterocycles. The average Bonchev–Trinajstić information content (AvgIpc) is 2.46. The molecule has 0 spiro atoms. The molecular weight excluding hydrogens is 306 g/mol. The van der Waals surface area contributed by atoms with Crippen LogP contribution in [0.25, 0.3) is 5.57 Å². The summed E-state index contributed by atoms with van der Waals surface area (Å²) in [6.45, 7) is 5.48. The van der Waals surface area contributed by atoms with Crippen molar-refractivity contribution in [1.82, 2.24) is 4.72 Å². The molecule has 23 heavy (non-hydrogen) atoms. The van der Waals surface area contributed by atoms with E-state index < -0.39 is 20.3 Å². The molecule has 0 aromatic heterocycles. The SMILES string of the molecule is C#CCC1(S(=O)(=O)NC(C)(C)C)C=CC(c2ccccc2)=CC1. The van der Waals surface area contributed by atoms with Gasteiger partial charge in [-0.3, -0.25) is 0 Å². The van der Waals surface area contributed by atoms with Crippen LogP contribution in [0.15, 0.2) is 48.6 Å². The molecule has 1 aliphatic carbocycles. The lowest BCUT2D eigenvalue weighted by molar-refractivity contribution is 0.471. The third-order valence-electron chi connectivity index (χ3n) is 3.72. The number of hydrogen-bond donors (Lipinski definition) is 1. The topological polar surface area (TPSA) is 46.2 Å². The lowest BCUT2D eigenvalue weighted by Gasteiger charge is -2.34. The number of nitrogens with one attached hydrogen (secondary N) is 1. The predicted octanol–water partition coefficient (Wildman–Crippen LogP) is 3.51. The van der Waals surface area contributed by atoms with Crippen LogP contribution in [0, 0.1) is 12.3 Å². The summed E-state index contributed by atoms with van der Waals surface area (Å²) in [5.74, 6) is 2.53. The molecule has 0 heterocycles. The Bertz CT molecular complexity index is 762. The standard InChI is InChI=1S/C19H23NO2S/c1-5-13-19(23(21,22)20-18(2,3)4)14-11-17(12-15-19)16-9-7-6-8-10-16/h1,6-12,14,20H,13,15H2,2-4H3. The molecule has 0 fully saturated rings. The molecule has 0 amide bonds. The highest BCUT2D eigenvalue weighted by molar-refractivity contribution is 7.91. The van der Waals surface area contributed by atoms with Gasteiger partial charge in [0, 0.05) is 12.0 Å². The summed E-state index contributed by atoms with van der Waals surface area (Å²) in [4.78, 5) is 0. The van der Waals surface area contributed by atoms with E-state index in [0.717, 1.165) is 11.1 Å². The second kappa shape index (κ2) is 6.35. The number of allylic oxidation sites excluding steroid dienone is 3. The van der Waals surface area contributed by atoms with Crippen LogP contribution in [-0.2, 0) is 10.0 Å². The van der Waals surface area contributed by atoms with Crippen molar-refractivity contribution in [3.05, 3.63) is 54.1 Å². The second-order valence-electron chi connectivity index (χ2n) is 6.86. The zero-order chi connectivity index (χ0) is 17.1. The van der Waals surface area contributed by atoms with Gasteiger partial charge in [-0.1, -0.05) is 48.6 Å². The molecule has 0 saturated carbocycles. The fraction of sp³-hybridized carbons (Fsp3) is 0.368. The lowest BCUT2D eigenvalue weighted by atomic mass is 9.90.